The number of nitrogens with zero attached hydrogens (tertiary/aromatic N) is 2. The van der Waals surface area contributed by atoms with E-state index >= 15 is 0 Å². The molecule has 0 radical (unpaired) electrons. The van der Waals surface area contributed by atoms with Crippen molar-refractivity contribution < 1.29 is 9.53 Å². The van der Waals surface area contributed by atoms with E-state index in [1.807, 2.05) is 12.2 Å². The highest BCUT2D eigenvalue weighted by atomic mass is 16.5. The minimum absolute atomic E-state index is 0.261. The Kier molecular flexibility index (Phi) is 2.26. The molecule has 0 aromatic carbocycles. The number of aromatic nitrogens is 2. The average Bonchev–Trinajstić information content (AvgIpc) is 2.75. The molecule has 1 aromatic rings. The third-order valence-corrected chi connectivity index (χ3v) is 2.73. The number of rotatable bonds is 1. The van der Waals surface area contributed by atoms with Gasteiger partial charge in [0.05, 0.1) is 12.3 Å². The first-order valence-corrected chi connectivity index (χ1v) is 5.36. The van der Waals surface area contributed by atoms with Gasteiger partial charge in [-0.25, -0.2) is 9.97 Å². The fourth-order valence-electron chi connectivity index (χ4n) is 1.89. The van der Waals surface area contributed by atoms with E-state index in [4.69, 9.17) is 4.74 Å². The molecule has 1 aromatic heterocycles. The molecule has 1 fully saturated rings. The van der Waals surface area contributed by atoms with Crippen molar-refractivity contribution in [1.29, 1.82) is 0 Å². The summed E-state index contributed by atoms with van der Waals surface area (Å²) in [6.07, 6.45) is 5.81. The lowest BCUT2D eigenvalue weighted by Gasteiger charge is -2.23. The van der Waals surface area contributed by atoms with Gasteiger partial charge in [0.1, 0.15) is 0 Å². The molecule has 1 unspecified atom stereocenters. The molecule has 0 bridgehead atoms. The summed E-state index contributed by atoms with van der Waals surface area (Å²) in [5.74, 6) is 0.142. The summed E-state index contributed by atoms with van der Waals surface area (Å²) < 4.78 is 5.39. The predicted octanol–water partition coefficient (Wildman–Crippen LogP) is 0.747. The van der Waals surface area contributed by atoms with Crippen molar-refractivity contribution >= 4 is 12.0 Å². The maximum Gasteiger partial charge on any atom is 0.261 e. The van der Waals surface area contributed by atoms with Crippen molar-refractivity contribution in [2.75, 3.05) is 6.61 Å². The van der Waals surface area contributed by atoms with Crippen LogP contribution in [0.25, 0.3) is 6.08 Å². The second kappa shape index (κ2) is 3.78. The van der Waals surface area contributed by atoms with Gasteiger partial charge in [-0.3, -0.25) is 4.79 Å². The maximum atomic E-state index is 11.7. The lowest BCUT2D eigenvalue weighted by molar-refractivity contribution is -0.136. The largest absolute Gasteiger partial charge is 0.354 e. The third-order valence-electron chi connectivity index (χ3n) is 2.73. The smallest absolute Gasteiger partial charge is 0.261 e. The molecule has 3 rings (SSSR count). The van der Waals surface area contributed by atoms with Crippen LogP contribution >= 0.6 is 0 Å². The molecule has 2 aliphatic rings. The molecule has 86 valence electrons. The van der Waals surface area contributed by atoms with Gasteiger partial charge in [0.15, 0.2) is 11.9 Å². The third kappa shape index (κ3) is 1.74. The number of carbonyl (C=O) groups is 1. The summed E-state index contributed by atoms with van der Waals surface area (Å²) in [5, 5.41) is 2.64. The van der Waals surface area contributed by atoms with Crippen LogP contribution < -0.4 is 5.32 Å². The summed E-state index contributed by atoms with van der Waals surface area (Å²) in [5.41, 5.74) is 2.51. The monoisotopic (exact) mass is 229 g/mol. The van der Waals surface area contributed by atoms with Gasteiger partial charge < -0.3 is 10.1 Å². The van der Waals surface area contributed by atoms with E-state index in [1.54, 1.807) is 6.20 Å². The van der Waals surface area contributed by atoms with Gasteiger partial charge in [-0.05, 0) is 18.1 Å². The number of carbonyl (C=O) groups excluding carboxylic acids is 1. The zero-order valence-electron chi connectivity index (χ0n) is 9.14. The van der Waals surface area contributed by atoms with Crippen LogP contribution in [0.5, 0.6) is 0 Å². The second-order valence-electron chi connectivity index (χ2n) is 4.03. The van der Waals surface area contributed by atoms with Crippen LogP contribution in [0.3, 0.4) is 0 Å². The molecule has 2 heterocycles. The van der Waals surface area contributed by atoms with Gasteiger partial charge in [0.2, 0.25) is 0 Å². The Bertz CT molecular complexity index is 537. The zero-order valence-corrected chi connectivity index (χ0v) is 9.14. The lowest BCUT2D eigenvalue weighted by Crippen LogP contribution is -2.38. The van der Waals surface area contributed by atoms with Gasteiger partial charge >= 0.3 is 0 Å². The van der Waals surface area contributed by atoms with E-state index < -0.39 is 6.10 Å². The Morgan fingerprint density at radius 1 is 1.53 bits per heavy atom. The van der Waals surface area contributed by atoms with Crippen LogP contribution in [-0.4, -0.2) is 22.5 Å². The summed E-state index contributed by atoms with van der Waals surface area (Å²) >= 11 is 0. The predicted molar refractivity (Wildman–Crippen MR) is 60.7 cm³/mol. The molecular formula is C12H11N3O2. The minimum Gasteiger partial charge on any atom is -0.354 e. The van der Waals surface area contributed by atoms with Gasteiger partial charge in [0.25, 0.3) is 5.91 Å². The standard InChI is InChI=1S/C12H11N3O2/c1-7-6-17-10(12(16)14-7)11-13-5-8-3-2-4-9(8)15-11/h2,4-5,10H,1,3,6H2,(H,14,16). The van der Waals surface area contributed by atoms with E-state index in [0.717, 1.165) is 17.7 Å². The molecule has 17 heavy (non-hydrogen) atoms. The quantitative estimate of drug-likeness (QED) is 0.771. The SMILES string of the molecule is C=C1COC(c2ncc3c(n2)C=CC3)C(=O)N1. The van der Waals surface area contributed by atoms with Crippen molar-refractivity contribution in [3.8, 4) is 0 Å². The molecule has 0 spiro atoms. The molecule has 1 aliphatic heterocycles. The number of allylic oxidation sites excluding steroid dienone is 1. The van der Waals surface area contributed by atoms with E-state index in [0.29, 0.717) is 18.1 Å². The van der Waals surface area contributed by atoms with E-state index in [9.17, 15) is 4.79 Å². The first-order chi connectivity index (χ1) is 8.24. The van der Waals surface area contributed by atoms with Crippen LogP contribution in [0.4, 0.5) is 0 Å². The number of amides is 1. The summed E-state index contributed by atoms with van der Waals surface area (Å²) in [7, 11) is 0. The maximum absolute atomic E-state index is 11.7. The molecule has 1 saturated heterocycles. The highest BCUT2D eigenvalue weighted by Gasteiger charge is 2.29. The number of hydrogen-bond donors (Lipinski definition) is 1. The van der Waals surface area contributed by atoms with Gasteiger partial charge in [-0.2, -0.15) is 0 Å². The van der Waals surface area contributed by atoms with Gasteiger partial charge in [0, 0.05) is 11.9 Å². The fraction of sp³-hybridized carbons (Fsp3) is 0.250. The first-order valence-electron chi connectivity index (χ1n) is 5.36. The normalized spacial score (nSPS) is 22.5. The Morgan fingerprint density at radius 3 is 3.24 bits per heavy atom. The average molecular weight is 229 g/mol. The van der Waals surface area contributed by atoms with Crippen LogP contribution in [0.15, 0.2) is 24.5 Å². The van der Waals surface area contributed by atoms with Crippen molar-refractivity contribution in [1.82, 2.24) is 15.3 Å². The summed E-state index contributed by atoms with van der Waals surface area (Å²) in [6, 6.07) is 0. The fourth-order valence-corrected chi connectivity index (χ4v) is 1.89. The molecule has 1 amide bonds. The molecule has 1 N–H and O–H groups in total. The Balaban J connectivity index is 1.91. The van der Waals surface area contributed by atoms with Crippen LogP contribution in [0.2, 0.25) is 0 Å². The van der Waals surface area contributed by atoms with Crippen LogP contribution in [0.1, 0.15) is 23.2 Å². The number of ether oxygens (including phenoxy) is 1. The molecule has 1 aliphatic carbocycles. The highest BCUT2D eigenvalue weighted by molar-refractivity contribution is 5.83. The van der Waals surface area contributed by atoms with Crippen molar-refractivity contribution in [3.63, 3.8) is 0 Å². The number of nitrogens with one attached hydrogen (secondary N) is 1. The Hall–Kier alpha value is -2.01. The van der Waals surface area contributed by atoms with Crippen LogP contribution in [-0.2, 0) is 16.0 Å². The van der Waals surface area contributed by atoms with Gasteiger partial charge in [-0.15, -0.1) is 0 Å². The molecule has 0 saturated carbocycles. The Labute approximate surface area is 98.2 Å². The Morgan fingerprint density at radius 2 is 2.41 bits per heavy atom. The topological polar surface area (TPSA) is 64.1 Å². The number of morpholine rings is 1. The van der Waals surface area contributed by atoms with Gasteiger partial charge in [-0.1, -0.05) is 12.7 Å². The van der Waals surface area contributed by atoms with E-state index in [2.05, 4.69) is 21.9 Å². The van der Waals surface area contributed by atoms with E-state index in [1.165, 1.54) is 0 Å². The first kappa shape index (κ1) is 10.2. The molecule has 1 atom stereocenters. The number of fused-ring (bicyclic) bond motifs is 1. The van der Waals surface area contributed by atoms with E-state index in [-0.39, 0.29) is 5.91 Å². The molecule has 5 heteroatoms. The van der Waals surface area contributed by atoms with Crippen molar-refractivity contribution in [3.05, 3.63) is 41.6 Å². The second-order valence-corrected chi connectivity index (χ2v) is 4.03. The zero-order chi connectivity index (χ0) is 11.8. The van der Waals surface area contributed by atoms with Crippen LogP contribution in [0, 0.1) is 0 Å². The summed E-state index contributed by atoms with van der Waals surface area (Å²) in [6.45, 7) is 3.94. The molecular weight excluding hydrogens is 218 g/mol. The molecule has 5 nitrogen and oxygen atoms in total. The highest BCUT2D eigenvalue weighted by Crippen LogP contribution is 2.22. The summed E-state index contributed by atoms with van der Waals surface area (Å²) in [4.78, 5) is 20.2. The minimum atomic E-state index is -0.736. The number of hydrogen-bond acceptors (Lipinski definition) is 4. The van der Waals surface area contributed by atoms with Crippen molar-refractivity contribution in [2.24, 2.45) is 0 Å². The van der Waals surface area contributed by atoms with Crippen molar-refractivity contribution in [2.45, 2.75) is 12.5 Å². The lowest BCUT2D eigenvalue weighted by atomic mass is 10.2.